The van der Waals surface area contributed by atoms with Crippen LogP contribution in [0.3, 0.4) is 0 Å². The van der Waals surface area contributed by atoms with Gasteiger partial charge in [-0.2, -0.15) is 0 Å². The topological polar surface area (TPSA) is 32.3 Å². The summed E-state index contributed by atoms with van der Waals surface area (Å²) in [6.07, 6.45) is 5.85. The molecule has 1 atom stereocenters. The minimum absolute atomic E-state index is 0.0347. The van der Waals surface area contributed by atoms with Gasteiger partial charge in [0, 0.05) is 35.4 Å². The second kappa shape index (κ2) is 4.82. The van der Waals surface area contributed by atoms with Crippen LogP contribution < -0.4 is 9.80 Å². The van der Waals surface area contributed by atoms with E-state index in [4.69, 9.17) is 4.98 Å². The summed E-state index contributed by atoms with van der Waals surface area (Å²) in [5.74, 6) is 1.03. The molecule has 25 heavy (non-hydrogen) atoms. The molecule has 2 aliphatic rings. The molecule has 4 nitrogen and oxygen atoms in total. The molecule has 0 aliphatic carbocycles. The number of para-hydroxylation sites is 1. The minimum Gasteiger partial charge on any atom is -0.316 e. The molecule has 0 bridgehead atoms. The predicted molar refractivity (Wildman–Crippen MR) is 101 cm³/mol. The number of aromatic nitrogens is 2. The van der Waals surface area contributed by atoms with Crippen molar-refractivity contribution in [3.05, 3.63) is 72.2 Å². The first kappa shape index (κ1) is 14.5. The minimum atomic E-state index is -0.0347. The van der Waals surface area contributed by atoms with E-state index in [1.807, 2.05) is 24.7 Å². The highest BCUT2D eigenvalue weighted by Crippen LogP contribution is 2.58. The first-order valence-electron chi connectivity index (χ1n) is 8.64. The molecular weight excluding hydrogens is 308 g/mol. The van der Waals surface area contributed by atoms with Crippen LogP contribution in [0.5, 0.6) is 0 Å². The molecule has 1 aromatic carbocycles. The van der Waals surface area contributed by atoms with Gasteiger partial charge in [-0.05, 0) is 42.3 Å². The summed E-state index contributed by atoms with van der Waals surface area (Å²) >= 11 is 0. The number of rotatable bonds is 1. The molecule has 5 rings (SSSR count). The lowest BCUT2D eigenvalue weighted by Crippen LogP contribution is -2.46. The Kier molecular flexibility index (Phi) is 2.79. The van der Waals surface area contributed by atoms with Crippen LogP contribution in [0.15, 0.2) is 61.1 Å². The summed E-state index contributed by atoms with van der Waals surface area (Å²) in [5.41, 5.74) is 6.11. The Labute approximate surface area is 147 Å². The average molecular weight is 328 g/mol. The molecule has 1 unspecified atom stereocenters. The number of fused-ring (bicyclic) bond motifs is 5. The van der Waals surface area contributed by atoms with Gasteiger partial charge in [-0.1, -0.05) is 32.0 Å². The number of anilines is 4. The SMILES string of the molecule is Cc1cnccc1N1c2cccnc2N2c3ccccc3C(C)(C)C12. The van der Waals surface area contributed by atoms with E-state index in [0.29, 0.717) is 0 Å². The second-order valence-electron chi connectivity index (χ2n) is 7.36. The molecule has 0 radical (unpaired) electrons. The second-order valence-corrected chi connectivity index (χ2v) is 7.36. The number of hydrogen-bond donors (Lipinski definition) is 0. The van der Waals surface area contributed by atoms with Gasteiger partial charge in [0.05, 0.1) is 5.69 Å². The van der Waals surface area contributed by atoms with E-state index in [-0.39, 0.29) is 11.6 Å². The highest BCUT2D eigenvalue weighted by molar-refractivity contribution is 5.90. The van der Waals surface area contributed by atoms with E-state index < -0.39 is 0 Å². The van der Waals surface area contributed by atoms with E-state index in [1.165, 1.54) is 22.5 Å². The Morgan fingerprint density at radius 1 is 0.880 bits per heavy atom. The van der Waals surface area contributed by atoms with Crippen LogP contribution in [0.4, 0.5) is 22.9 Å². The zero-order valence-corrected chi connectivity index (χ0v) is 14.6. The molecule has 4 heteroatoms. The molecule has 0 saturated carbocycles. The lowest BCUT2D eigenvalue weighted by molar-refractivity contribution is 0.450. The maximum Gasteiger partial charge on any atom is 0.158 e. The van der Waals surface area contributed by atoms with Crippen molar-refractivity contribution in [1.82, 2.24) is 9.97 Å². The molecule has 2 aliphatic heterocycles. The van der Waals surface area contributed by atoms with Gasteiger partial charge in [-0.15, -0.1) is 0 Å². The number of pyridine rings is 2. The van der Waals surface area contributed by atoms with Crippen molar-refractivity contribution in [1.29, 1.82) is 0 Å². The van der Waals surface area contributed by atoms with Crippen molar-refractivity contribution < 1.29 is 0 Å². The third-order valence-corrected chi connectivity index (χ3v) is 5.50. The molecule has 0 fully saturated rings. The van der Waals surface area contributed by atoms with E-state index in [2.05, 4.69) is 72.0 Å². The third kappa shape index (κ3) is 1.77. The molecule has 2 aromatic heterocycles. The fourth-order valence-corrected chi connectivity index (χ4v) is 4.38. The number of hydrogen-bond acceptors (Lipinski definition) is 4. The van der Waals surface area contributed by atoms with Crippen molar-refractivity contribution in [2.24, 2.45) is 0 Å². The van der Waals surface area contributed by atoms with Gasteiger partial charge in [-0.25, -0.2) is 4.98 Å². The highest BCUT2D eigenvalue weighted by Gasteiger charge is 2.54. The van der Waals surface area contributed by atoms with Crippen molar-refractivity contribution in [3.8, 4) is 0 Å². The molecular formula is C21H20N4. The maximum absolute atomic E-state index is 4.74. The molecule has 3 aromatic rings. The van der Waals surface area contributed by atoms with Crippen LogP contribution in [0.1, 0.15) is 25.0 Å². The van der Waals surface area contributed by atoms with E-state index in [0.717, 1.165) is 11.5 Å². The largest absolute Gasteiger partial charge is 0.316 e. The van der Waals surface area contributed by atoms with E-state index in [9.17, 15) is 0 Å². The van der Waals surface area contributed by atoms with Crippen LogP contribution in [-0.2, 0) is 5.41 Å². The van der Waals surface area contributed by atoms with Crippen molar-refractivity contribution in [2.75, 3.05) is 9.80 Å². The molecule has 4 heterocycles. The normalized spacial score (nSPS) is 19.6. The van der Waals surface area contributed by atoms with Gasteiger partial charge in [0.2, 0.25) is 0 Å². The van der Waals surface area contributed by atoms with Crippen LogP contribution in [0.25, 0.3) is 0 Å². The Hall–Kier alpha value is -2.88. The van der Waals surface area contributed by atoms with Crippen LogP contribution >= 0.6 is 0 Å². The number of benzene rings is 1. The number of nitrogens with zero attached hydrogens (tertiary/aromatic N) is 4. The van der Waals surface area contributed by atoms with Crippen molar-refractivity contribution in [3.63, 3.8) is 0 Å². The molecule has 0 N–H and O–H groups in total. The smallest absolute Gasteiger partial charge is 0.158 e. The van der Waals surface area contributed by atoms with Gasteiger partial charge in [0.15, 0.2) is 5.82 Å². The summed E-state index contributed by atoms with van der Waals surface area (Å²) < 4.78 is 0. The van der Waals surface area contributed by atoms with Gasteiger partial charge in [-0.3, -0.25) is 4.98 Å². The monoisotopic (exact) mass is 328 g/mol. The maximum atomic E-state index is 4.74. The van der Waals surface area contributed by atoms with Crippen LogP contribution in [0.2, 0.25) is 0 Å². The quantitative estimate of drug-likeness (QED) is 0.648. The van der Waals surface area contributed by atoms with Gasteiger partial charge in [0.25, 0.3) is 0 Å². The van der Waals surface area contributed by atoms with Crippen LogP contribution in [0, 0.1) is 6.92 Å². The molecule has 0 amide bonds. The zero-order chi connectivity index (χ0) is 17.2. The Balaban J connectivity index is 1.81. The Bertz CT molecular complexity index is 979. The molecule has 0 spiro atoms. The Morgan fingerprint density at radius 2 is 1.68 bits per heavy atom. The first-order chi connectivity index (χ1) is 12.1. The predicted octanol–water partition coefficient (Wildman–Crippen LogP) is 4.69. The number of aryl methyl sites for hydroxylation is 1. The lowest BCUT2D eigenvalue weighted by Gasteiger charge is -2.37. The summed E-state index contributed by atoms with van der Waals surface area (Å²) in [5, 5.41) is 0. The summed E-state index contributed by atoms with van der Waals surface area (Å²) in [6.45, 7) is 6.77. The van der Waals surface area contributed by atoms with E-state index >= 15 is 0 Å². The highest BCUT2D eigenvalue weighted by atomic mass is 15.5. The first-order valence-corrected chi connectivity index (χ1v) is 8.64. The lowest BCUT2D eigenvalue weighted by atomic mass is 9.83. The summed E-state index contributed by atoms with van der Waals surface area (Å²) in [4.78, 5) is 13.8. The molecule has 0 saturated heterocycles. The average Bonchev–Trinajstić information content (AvgIpc) is 3.08. The fourth-order valence-electron chi connectivity index (χ4n) is 4.38. The van der Waals surface area contributed by atoms with Gasteiger partial charge < -0.3 is 9.80 Å². The van der Waals surface area contributed by atoms with Gasteiger partial charge in [0.1, 0.15) is 6.17 Å². The van der Waals surface area contributed by atoms with E-state index in [1.54, 1.807) is 0 Å². The third-order valence-electron chi connectivity index (χ3n) is 5.50. The standard InChI is InChI=1S/C21H20N4/c1-14-13-22-12-10-16(14)24-18-9-6-11-23-19(18)25-17-8-5-4-7-15(17)21(2,3)20(24)25/h4-13,20H,1-3H3. The van der Waals surface area contributed by atoms with Gasteiger partial charge >= 0.3 is 0 Å². The van der Waals surface area contributed by atoms with Crippen molar-refractivity contribution in [2.45, 2.75) is 32.4 Å². The van der Waals surface area contributed by atoms with Crippen molar-refractivity contribution >= 4 is 22.9 Å². The van der Waals surface area contributed by atoms with Crippen LogP contribution in [-0.4, -0.2) is 16.1 Å². The Morgan fingerprint density at radius 3 is 2.52 bits per heavy atom. The molecule has 124 valence electrons. The summed E-state index contributed by atoms with van der Waals surface area (Å²) in [6, 6.07) is 15.0. The zero-order valence-electron chi connectivity index (χ0n) is 14.6. The summed E-state index contributed by atoms with van der Waals surface area (Å²) in [7, 11) is 0. The fraction of sp³-hybridized carbons (Fsp3) is 0.238.